The van der Waals surface area contributed by atoms with Crippen LogP contribution in [0.25, 0.3) is 0 Å². The molecule has 1 aliphatic heterocycles. The van der Waals surface area contributed by atoms with Crippen LogP contribution in [0.15, 0.2) is 16.7 Å². The topological polar surface area (TPSA) is 53.5 Å². The van der Waals surface area contributed by atoms with E-state index in [9.17, 15) is 9.59 Å². The number of carbonyl (C=O) groups is 2. The predicted molar refractivity (Wildman–Crippen MR) is 79.6 cm³/mol. The molecule has 0 bridgehead atoms. The van der Waals surface area contributed by atoms with E-state index in [2.05, 4.69) is 20.9 Å². The van der Waals surface area contributed by atoms with Crippen LogP contribution in [-0.2, 0) is 9.59 Å². The van der Waals surface area contributed by atoms with Gasteiger partial charge in [0.2, 0.25) is 11.8 Å². The number of fused-ring (bicyclic) bond motifs is 1. The van der Waals surface area contributed by atoms with Crippen molar-refractivity contribution in [2.24, 2.45) is 5.92 Å². The van der Waals surface area contributed by atoms with Crippen molar-refractivity contribution in [3.63, 3.8) is 0 Å². The van der Waals surface area contributed by atoms with E-state index in [0.717, 1.165) is 12.8 Å². The van der Waals surface area contributed by atoms with Crippen molar-refractivity contribution < 1.29 is 9.59 Å². The van der Waals surface area contributed by atoms with E-state index < -0.39 is 0 Å². The van der Waals surface area contributed by atoms with Gasteiger partial charge in [0.05, 0.1) is 11.7 Å². The number of amides is 2. The summed E-state index contributed by atoms with van der Waals surface area (Å²) in [5.74, 6) is 0.831. The first-order valence-corrected chi connectivity index (χ1v) is 7.56. The number of halogens is 1. The van der Waals surface area contributed by atoms with Crippen molar-refractivity contribution >= 4 is 39.2 Å². The zero-order valence-corrected chi connectivity index (χ0v) is 13.1. The van der Waals surface area contributed by atoms with Gasteiger partial charge >= 0.3 is 0 Å². The lowest BCUT2D eigenvalue weighted by molar-refractivity contribution is -0.120. The number of pyridine rings is 1. The second kappa shape index (κ2) is 4.84. The van der Waals surface area contributed by atoms with Crippen molar-refractivity contribution in [2.45, 2.75) is 32.7 Å². The van der Waals surface area contributed by atoms with Gasteiger partial charge in [-0.3, -0.25) is 14.5 Å². The van der Waals surface area contributed by atoms with Crippen LogP contribution in [0.1, 0.15) is 26.7 Å². The molecule has 2 heterocycles. The van der Waals surface area contributed by atoms with Gasteiger partial charge in [0.1, 0.15) is 4.60 Å². The molecule has 1 aliphatic carbocycles. The van der Waals surface area contributed by atoms with E-state index in [4.69, 9.17) is 0 Å². The second-order valence-electron chi connectivity index (χ2n) is 5.44. The van der Waals surface area contributed by atoms with E-state index in [0.29, 0.717) is 22.7 Å². The lowest BCUT2D eigenvalue weighted by Gasteiger charge is -2.39. The van der Waals surface area contributed by atoms with Gasteiger partial charge in [-0.05, 0) is 47.8 Å². The molecule has 1 aromatic heterocycles. The van der Waals surface area contributed by atoms with E-state index >= 15 is 0 Å². The lowest BCUT2D eigenvalue weighted by Crippen LogP contribution is -2.52. The summed E-state index contributed by atoms with van der Waals surface area (Å²) in [6.45, 7) is 4.01. The number of aromatic nitrogens is 1. The molecular weight excluding hydrogens is 322 g/mol. The molecule has 1 fully saturated rings. The third-order valence-corrected chi connectivity index (χ3v) is 4.20. The van der Waals surface area contributed by atoms with Gasteiger partial charge in [-0.25, -0.2) is 4.98 Å². The first-order chi connectivity index (χ1) is 9.49. The molecule has 0 radical (unpaired) electrons. The van der Waals surface area contributed by atoms with Crippen molar-refractivity contribution in [2.75, 3.05) is 16.3 Å². The maximum absolute atomic E-state index is 12.4. The highest BCUT2D eigenvalue weighted by Crippen LogP contribution is 2.39. The molecule has 0 spiro atoms. The summed E-state index contributed by atoms with van der Waals surface area (Å²) in [4.78, 5) is 32.2. The summed E-state index contributed by atoms with van der Waals surface area (Å²) in [6.07, 6.45) is 1.92. The highest BCUT2D eigenvalue weighted by molar-refractivity contribution is 9.10. The van der Waals surface area contributed by atoms with Crippen LogP contribution in [0.4, 0.5) is 11.5 Å². The Kier molecular flexibility index (Phi) is 3.28. The molecule has 1 unspecified atom stereocenters. The fraction of sp³-hybridized carbons (Fsp3) is 0.500. The summed E-state index contributed by atoms with van der Waals surface area (Å²) < 4.78 is 0.669. The Morgan fingerprint density at radius 3 is 2.65 bits per heavy atom. The van der Waals surface area contributed by atoms with Crippen molar-refractivity contribution in [3.05, 3.63) is 16.7 Å². The highest BCUT2D eigenvalue weighted by Gasteiger charge is 2.40. The molecule has 3 rings (SSSR count). The minimum absolute atomic E-state index is 0.0265. The Balaban J connectivity index is 2.07. The smallest absolute Gasteiger partial charge is 0.231 e. The van der Waals surface area contributed by atoms with E-state index in [1.165, 1.54) is 0 Å². The Morgan fingerprint density at radius 1 is 1.35 bits per heavy atom. The van der Waals surface area contributed by atoms with Gasteiger partial charge in [-0.2, -0.15) is 0 Å². The Labute approximate surface area is 126 Å². The van der Waals surface area contributed by atoms with Crippen molar-refractivity contribution in [1.82, 2.24) is 4.98 Å². The monoisotopic (exact) mass is 337 g/mol. The van der Waals surface area contributed by atoms with Gasteiger partial charge in [0.25, 0.3) is 0 Å². The Bertz CT molecular complexity index is 586. The molecule has 6 heteroatoms. The summed E-state index contributed by atoms with van der Waals surface area (Å²) in [5, 5.41) is 0. The van der Waals surface area contributed by atoms with Crippen LogP contribution in [0, 0.1) is 5.92 Å². The summed E-state index contributed by atoms with van der Waals surface area (Å²) >= 11 is 3.34. The number of rotatable bonds is 1. The normalized spacial score (nSPS) is 21.6. The average molecular weight is 338 g/mol. The number of nitrogens with zero attached hydrogens (tertiary/aromatic N) is 3. The molecule has 2 amide bonds. The Morgan fingerprint density at radius 2 is 2.05 bits per heavy atom. The number of hydrogen-bond donors (Lipinski definition) is 0. The van der Waals surface area contributed by atoms with Crippen molar-refractivity contribution in [1.29, 1.82) is 0 Å². The molecular formula is C14H16BrN3O2. The fourth-order valence-electron chi connectivity index (χ4n) is 2.70. The number of hydrogen-bond acceptors (Lipinski definition) is 3. The molecule has 5 nitrogen and oxygen atoms in total. The number of carbonyl (C=O) groups excluding carboxylic acids is 2. The first kappa shape index (κ1) is 13.5. The minimum atomic E-state index is -0.0364. The van der Waals surface area contributed by atoms with E-state index in [1.54, 1.807) is 22.8 Å². The number of anilines is 2. The maximum atomic E-state index is 12.4. The maximum Gasteiger partial charge on any atom is 0.231 e. The van der Waals surface area contributed by atoms with Crippen molar-refractivity contribution in [3.8, 4) is 0 Å². The van der Waals surface area contributed by atoms with Gasteiger partial charge in [0.15, 0.2) is 5.82 Å². The predicted octanol–water partition coefficient (Wildman–Crippen LogP) is 2.34. The second-order valence-corrected chi connectivity index (χ2v) is 6.25. The third-order valence-electron chi connectivity index (χ3n) is 3.76. The summed E-state index contributed by atoms with van der Waals surface area (Å²) in [5.41, 5.74) is 0.716. The van der Waals surface area contributed by atoms with Gasteiger partial charge in [0, 0.05) is 19.4 Å². The van der Waals surface area contributed by atoms with E-state index in [1.807, 2.05) is 13.0 Å². The SMILES string of the molecule is CC(=O)N1c2ccc(Br)nc2N(C(=O)C2CC2)CC1C. The largest absolute Gasteiger partial charge is 0.305 e. The quantitative estimate of drug-likeness (QED) is 0.739. The molecule has 1 atom stereocenters. The third kappa shape index (κ3) is 2.22. The van der Waals surface area contributed by atoms with Crippen LogP contribution in [0.3, 0.4) is 0 Å². The summed E-state index contributed by atoms with van der Waals surface area (Å²) in [6, 6.07) is 3.61. The van der Waals surface area contributed by atoms with Crippen LogP contribution < -0.4 is 9.80 Å². The zero-order valence-electron chi connectivity index (χ0n) is 11.5. The molecule has 2 aliphatic rings. The zero-order chi connectivity index (χ0) is 14.4. The van der Waals surface area contributed by atoms with Crippen LogP contribution >= 0.6 is 15.9 Å². The van der Waals surface area contributed by atoms with Crippen LogP contribution in [0.2, 0.25) is 0 Å². The molecule has 0 N–H and O–H groups in total. The molecule has 20 heavy (non-hydrogen) atoms. The molecule has 106 valence electrons. The lowest BCUT2D eigenvalue weighted by atomic mass is 10.1. The Hall–Kier alpha value is -1.43. The first-order valence-electron chi connectivity index (χ1n) is 6.76. The molecule has 1 aromatic rings. The molecule has 1 saturated carbocycles. The minimum Gasteiger partial charge on any atom is -0.305 e. The van der Waals surface area contributed by atoms with Gasteiger partial charge in [-0.15, -0.1) is 0 Å². The van der Waals surface area contributed by atoms with Crippen LogP contribution in [0.5, 0.6) is 0 Å². The van der Waals surface area contributed by atoms with Crippen LogP contribution in [-0.4, -0.2) is 29.4 Å². The van der Waals surface area contributed by atoms with E-state index in [-0.39, 0.29) is 23.8 Å². The molecule has 0 aromatic carbocycles. The highest BCUT2D eigenvalue weighted by atomic mass is 79.9. The summed E-state index contributed by atoms with van der Waals surface area (Å²) in [7, 11) is 0. The van der Waals surface area contributed by atoms with Gasteiger partial charge < -0.3 is 4.90 Å². The fourth-order valence-corrected chi connectivity index (χ4v) is 3.00. The van der Waals surface area contributed by atoms with Gasteiger partial charge in [-0.1, -0.05) is 0 Å². The molecule has 0 saturated heterocycles. The average Bonchev–Trinajstić information content (AvgIpc) is 3.21. The standard InChI is InChI=1S/C14H16BrN3O2/c1-8-7-17(14(20)10-3-4-10)13-11(18(8)9(2)19)5-6-12(15)16-13/h5-6,8,10H,3-4,7H2,1-2H3.